The van der Waals surface area contributed by atoms with Gasteiger partial charge in [-0.05, 0) is 47.7 Å². The number of aryl methyl sites for hydroxylation is 1. The highest BCUT2D eigenvalue weighted by Crippen LogP contribution is 2.25. The van der Waals surface area contributed by atoms with Gasteiger partial charge in [-0.3, -0.25) is 4.99 Å². The summed E-state index contributed by atoms with van der Waals surface area (Å²) in [6, 6.07) is 11.6. The van der Waals surface area contributed by atoms with E-state index < -0.39 is 0 Å². The minimum absolute atomic E-state index is 0. The molecule has 1 aliphatic heterocycles. The molecule has 6 heteroatoms. The Balaban J connectivity index is 0.00000243. The Morgan fingerprint density at radius 2 is 1.96 bits per heavy atom. The number of guanidine groups is 1. The lowest BCUT2D eigenvalue weighted by Crippen LogP contribution is -2.37. The number of ether oxygens (including phenoxy) is 1. The van der Waals surface area contributed by atoms with Crippen molar-refractivity contribution in [2.45, 2.75) is 26.3 Å². The van der Waals surface area contributed by atoms with Crippen LogP contribution in [0.15, 0.2) is 41.4 Å². The minimum Gasteiger partial charge on any atom is -0.493 e. The van der Waals surface area contributed by atoms with Crippen molar-refractivity contribution >= 4 is 29.9 Å². The molecule has 1 heterocycles. The zero-order valence-corrected chi connectivity index (χ0v) is 17.5. The minimum atomic E-state index is -0.178. The maximum absolute atomic E-state index is 13.6. The Morgan fingerprint density at radius 3 is 2.73 bits per heavy atom. The number of hydrogen-bond acceptors (Lipinski definition) is 2. The lowest BCUT2D eigenvalue weighted by atomic mass is 10.1. The van der Waals surface area contributed by atoms with Gasteiger partial charge in [0.05, 0.1) is 6.61 Å². The van der Waals surface area contributed by atoms with Crippen LogP contribution >= 0.6 is 24.0 Å². The Bertz CT molecular complexity index is 780. The summed E-state index contributed by atoms with van der Waals surface area (Å²) in [5.41, 5.74) is 4.13. The molecular weight excluding hydrogens is 444 g/mol. The third-order valence-corrected chi connectivity index (χ3v) is 4.38. The molecule has 0 bridgehead atoms. The zero-order chi connectivity index (χ0) is 17.6. The molecule has 0 atom stereocenters. The quantitative estimate of drug-likeness (QED) is 0.400. The molecule has 2 aromatic carbocycles. The number of halogens is 2. The molecule has 0 saturated heterocycles. The van der Waals surface area contributed by atoms with E-state index in [1.165, 1.54) is 11.1 Å². The summed E-state index contributed by atoms with van der Waals surface area (Å²) in [4.78, 5) is 4.21. The fraction of sp³-hybridized carbons (Fsp3) is 0.350. The zero-order valence-electron chi connectivity index (χ0n) is 15.1. The Kier molecular flexibility index (Phi) is 7.68. The molecule has 4 nitrogen and oxygen atoms in total. The molecule has 0 saturated carbocycles. The largest absolute Gasteiger partial charge is 0.493 e. The average molecular weight is 469 g/mol. The van der Waals surface area contributed by atoms with E-state index in [4.69, 9.17) is 4.74 Å². The molecule has 0 aliphatic carbocycles. The van der Waals surface area contributed by atoms with Gasteiger partial charge in [-0.2, -0.15) is 0 Å². The van der Waals surface area contributed by atoms with Crippen molar-refractivity contribution < 1.29 is 9.13 Å². The van der Waals surface area contributed by atoms with E-state index in [0.29, 0.717) is 18.1 Å². The second kappa shape index (κ2) is 9.75. The van der Waals surface area contributed by atoms with E-state index >= 15 is 0 Å². The lowest BCUT2D eigenvalue weighted by molar-refractivity contribution is 0.357. The highest BCUT2D eigenvalue weighted by atomic mass is 127. The van der Waals surface area contributed by atoms with Crippen LogP contribution in [0.25, 0.3) is 0 Å². The highest BCUT2D eigenvalue weighted by molar-refractivity contribution is 14.0. The topological polar surface area (TPSA) is 45.7 Å². The molecule has 0 aromatic heterocycles. The SMILES string of the molecule is CN=C(NCCc1ccc2c(c1)CCO2)NCc1ccc(C)c(F)c1.I. The van der Waals surface area contributed by atoms with Gasteiger partial charge in [-0.1, -0.05) is 24.3 Å². The van der Waals surface area contributed by atoms with E-state index in [1.807, 2.05) is 6.07 Å². The van der Waals surface area contributed by atoms with Gasteiger partial charge in [0.2, 0.25) is 0 Å². The molecule has 1 aliphatic rings. The molecule has 3 rings (SSSR count). The maximum Gasteiger partial charge on any atom is 0.191 e. The molecule has 0 fully saturated rings. The lowest BCUT2D eigenvalue weighted by Gasteiger charge is -2.12. The first kappa shape index (κ1) is 20.5. The van der Waals surface area contributed by atoms with E-state index in [9.17, 15) is 4.39 Å². The van der Waals surface area contributed by atoms with Gasteiger partial charge in [-0.15, -0.1) is 24.0 Å². The fourth-order valence-electron chi connectivity index (χ4n) is 2.87. The van der Waals surface area contributed by atoms with Crippen molar-refractivity contribution in [2.24, 2.45) is 4.99 Å². The van der Waals surface area contributed by atoms with Gasteiger partial charge in [0.15, 0.2) is 5.96 Å². The van der Waals surface area contributed by atoms with Gasteiger partial charge in [0, 0.05) is 26.6 Å². The summed E-state index contributed by atoms with van der Waals surface area (Å²) in [7, 11) is 1.73. The van der Waals surface area contributed by atoms with E-state index in [1.54, 1.807) is 26.1 Å². The van der Waals surface area contributed by atoms with Crippen LogP contribution in [0.4, 0.5) is 4.39 Å². The number of hydrogen-bond donors (Lipinski definition) is 2. The van der Waals surface area contributed by atoms with E-state index in [-0.39, 0.29) is 29.8 Å². The smallest absolute Gasteiger partial charge is 0.191 e. The first-order valence-corrected chi connectivity index (χ1v) is 8.60. The van der Waals surface area contributed by atoms with Gasteiger partial charge in [0.25, 0.3) is 0 Å². The predicted molar refractivity (Wildman–Crippen MR) is 114 cm³/mol. The number of nitrogens with zero attached hydrogens (tertiary/aromatic N) is 1. The number of nitrogens with one attached hydrogen (secondary N) is 2. The summed E-state index contributed by atoms with van der Waals surface area (Å²) in [5, 5.41) is 6.51. The fourth-order valence-corrected chi connectivity index (χ4v) is 2.87. The molecule has 0 unspecified atom stereocenters. The van der Waals surface area contributed by atoms with E-state index in [0.717, 1.165) is 37.3 Å². The number of benzene rings is 2. The van der Waals surface area contributed by atoms with Crippen molar-refractivity contribution in [2.75, 3.05) is 20.2 Å². The van der Waals surface area contributed by atoms with Crippen LogP contribution in [0.3, 0.4) is 0 Å². The molecule has 26 heavy (non-hydrogen) atoms. The Labute approximate surface area is 171 Å². The normalized spacial score (nSPS) is 12.8. The van der Waals surface area contributed by atoms with Crippen molar-refractivity contribution in [3.05, 3.63) is 64.5 Å². The Morgan fingerprint density at radius 1 is 1.15 bits per heavy atom. The summed E-state index contributed by atoms with van der Waals surface area (Å²) in [6.45, 7) is 3.86. The van der Waals surface area contributed by atoms with E-state index in [2.05, 4.69) is 33.8 Å². The highest BCUT2D eigenvalue weighted by Gasteiger charge is 2.11. The van der Waals surface area contributed by atoms with Crippen LogP contribution in [0, 0.1) is 12.7 Å². The molecule has 140 valence electrons. The molecular formula is C20H25FIN3O. The summed E-state index contributed by atoms with van der Waals surface area (Å²) >= 11 is 0. The van der Waals surface area contributed by atoms with Crippen molar-refractivity contribution in [1.29, 1.82) is 0 Å². The van der Waals surface area contributed by atoms with Crippen molar-refractivity contribution in [3.63, 3.8) is 0 Å². The number of aliphatic imine (C=N–C) groups is 1. The summed E-state index contributed by atoms with van der Waals surface area (Å²) < 4.78 is 19.1. The second-order valence-corrected chi connectivity index (χ2v) is 6.23. The van der Waals surface area contributed by atoms with Crippen LogP contribution < -0.4 is 15.4 Å². The molecule has 2 N–H and O–H groups in total. The average Bonchev–Trinajstić information content (AvgIpc) is 3.08. The first-order valence-electron chi connectivity index (χ1n) is 8.60. The molecule has 0 amide bonds. The molecule has 2 aromatic rings. The third-order valence-electron chi connectivity index (χ3n) is 4.38. The van der Waals surface area contributed by atoms with Gasteiger partial charge in [0.1, 0.15) is 11.6 Å². The maximum atomic E-state index is 13.6. The molecule has 0 spiro atoms. The monoisotopic (exact) mass is 469 g/mol. The van der Waals surface area contributed by atoms with Crippen LogP contribution in [-0.2, 0) is 19.4 Å². The number of rotatable bonds is 5. The summed E-state index contributed by atoms with van der Waals surface area (Å²) in [6.07, 6.45) is 1.90. The predicted octanol–water partition coefficient (Wildman–Crippen LogP) is 3.59. The van der Waals surface area contributed by atoms with Crippen LogP contribution in [0.1, 0.15) is 22.3 Å². The van der Waals surface area contributed by atoms with Gasteiger partial charge >= 0.3 is 0 Å². The van der Waals surface area contributed by atoms with Crippen molar-refractivity contribution in [1.82, 2.24) is 10.6 Å². The van der Waals surface area contributed by atoms with Crippen molar-refractivity contribution in [3.8, 4) is 5.75 Å². The third kappa shape index (κ3) is 5.33. The number of fused-ring (bicyclic) bond motifs is 1. The Hall–Kier alpha value is -1.83. The first-order chi connectivity index (χ1) is 12.2. The van der Waals surface area contributed by atoms with Gasteiger partial charge < -0.3 is 15.4 Å². The standard InChI is InChI=1S/C20H24FN3O.HI/c1-14-3-4-16(12-18(14)21)13-24-20(22-2)23-9-7-15-5-6-19-17(11-15)8-10-25-19;/h3-6,11-12H,7-10,13H2,1-2H3,(H2,22,23,24);1H. The van der Waals surface area contributed by atoms with Gasteiger partial charge in [-0.25, -0.2) is 4.39 Å². The summed E-state index contributed by atoms with van der Waals surface area (Å²) in [5.74, 6) is 1.55. The van der Waals surface area contributed by atoms with Crippen LogP contribution in [-0.4, -0.2) is 26.2 Å². The second-order valence-electron chi connectivity index (χ2n) is 6.23. The van der Waals surface area contributed by atoms with Crippen LogP contribution in [0.2, 0.25) is 0 Å². The molecule has 0 radical (unpaired) electrons. The van der Waals surface area contributed by atoms with Crippen LogP contribution in [0.5, 0.6) is 5.75 Å².